The zero-order valence-corrected chi connectivity index (χ0v) is 11.6. The van der Waals surface area contributed by atoms with Gasteiger partial charge in [0.1, 0.15) is 11.5 Å². The summed E-state index contributed by atoms with van der Waals surface area (Å²) in [5, 5.41) is 2.67. The Morgan fingerprint density at radius 2 is 1.95 bits per heavy atom. The number of nitrogens with one attached hydrogen (secondary N) is 1. The maximum Gasteiger partial charge on any atom is 0.235 e. The highest BCUT2D eigenvalue weighted by Crippen LogP contribution is 2.20. The third-order valence-electron chi connectivity index (χ3n) is 2.76. The number of amides is 1. The van der Waals surface area contributed by atoms with Crippen LogP contribution in [0.1, 0.15) is 19.8 Å². The molecule has 0 saturated heterocycles. The molecule has 6 heteroatoms. The van der Waals surface area contributed by atoms with Crippen molar-refractivity contribution in [2.24, 2.45) is 0 Å². The zero-order valence-electron chi connectivity index (χ0n) is 10.8. The standard InChI is InChI=1S/C13H17NO4S/c1-2-18-11-5-7-12(8-6-11)19(16,17)9-13(15)14-10-3-4-10/h5-8,10H,2-4,9H2,1H3,(H,14,15). The molecular weight excluding hydrogens is 266 g/mol. The molecule has 2 rings (SSSR count). The molecule has 1 aromatic rings. The second kappa shape index (κ2) is 5.61. The third-order valence-corrected chi connectivity index (χ3v) is 4.39. The van der Waals surface area contributed by atoms with Crippen LogP contribution in [0.15, 0.2) is 29.2 Å². The highest BCUT2D eigenvalue weighted by atomic mass is 32.2. The summed E-state index contributed by atoms with van der Waals surface area (Å²) in [6.45, 7) is 2.38. The van der Waals surface area contributed by atoms with Crippen molar-refractivity contribution in [2.75, 3.05) is 12.4 Å². The number of rotatable bonds is 6. The Morgan fingerprint density at radius 1 is 1.32 bits per heavy atom. The lowest BCUT2D eigenvalue weighted by atomic mass is 10.3. The minimum Gasteiger partial charge on any atom is -0.494 e. The van der Waals surface area contributed by atoms with Gasteiger partial charge in [0.15, 0.2) is 9.84 Å². The molecule has 0 bridgehead atoms. The molecule has 0 radical (unpaired) electrons. The maximum atomic E-state index is 12.0. The van der Waals surface area contributed by atoms with Gasteiger partial charge in [-0.2, -0.15) is 0 Å². The van der Waals surface area contributed by atoms with Gasteiger partial charge in [-0.15, -0.1) is 0 Å². The van der Waals surface area contributed by atoms with Crippen LogP contribution in [0, 0.1) is 0 Å². The largest absolute Gasteiger partial charge is 0.494 e. The number of carbonyl (C=O) groups excluding carboxylic acids is 1. The minimum absolute atomic E-state index is 0.141. The number of hydrogen-bond acceptors (Lipinski definition) is 4. The second-order valence-corrected chi connectivity index (χ2v) is 6.49. The lowest BCUT2D eigenvalue weighted by Crippen LogP contribution is -2.31. The summed E-state index contributed by atoms with van der Waals surface area (Å²) in [6.07, 6.45) is 1.88. The monoisotopic (exact) mass is 283 g/mol. The highest BCUT2D eigenvalue weighted by molar-refractivity contribution is 7.92. The summed E-state index contributed by atoms with van der Waals surface area (Å²) in [5.74, 6) is -0.322. The van der Waals surface area contributed by atoms with E-state index >= 15 is 0 Å². The van der Waals surface area contributed by atoms with E-state index in [2.05, 4.69) is 5.32 Å². The van der Waals surface area contributed by atoms with Crippen molar-refractivity contribution >= 4 is 15.7 Å². The first-order chi connectivity index (χ1) is 9.01. The fourth-order valence-corrected chi connectivity index (χ4v) is 2.81. The summed E-state index contributed by atoms with van der Waals surface area (Å²) in [4.78, 5) is 11.7. The normalized spacial score (nSPS) is 15.0. The fourth-order valence-electron chi connectivity index (χ4n) is 1.66. The first-order valence-electron chi connectivity index (χ1n) is 6.26. The fraction of sp³-hybridized carbons (Fsp3) is 0.462. The van der Waals surface area contributed by atoms with Crippen LogP contribution in [0.2, 0.25) is 0 Å². The van der Waals surface area contributed by atoms with E-state index in [1.165, 1.54) is 12.1 Å². The Labute approximate surface area is 112 Å². The first kappa shape index (κ1) is 13.9. The average Bonchev–Trinajstić information content (AvgIpc) is 3.13. The molecule has 1 amide bonds. The van der Waals surface area contributed by atoms with Crippen LogP contribution in [-0.2, 0) is 14.6 Å². The molecule has 0 unspecified atom stereocenters. The molecule has 1 aliphatic rings. The predicted molar refractivity (Wildman–Crippen MR) is 70.8 cm³/mol. The van der Waals surface area contributed by atoms with Gasteiger partial charge >= 0.3 is 0 Å². The Morgan fingerprint density at radius 3 is 2.47 bits per heavy atom. The Hall–Kier alpha value is -1.56. The van der Waals surface area contributed by atoms with Crippen molar-refractivity contribution in [1.82, 2.24) is 5.32 Å². The van der Waals surface area contributed by atoms with E-state index < -0.39 is 21.5 Å². The van der Waals surface area contributed by atoms with E-state index in [0.717, 1.165) is 12.8 Å². The molecule has 19 heavy (non-hydrogen) atoms. The number of sulfone groups is 1. The zero-order chi connectivity index (χ0) is 13.9. The lowest BCUT2D eigenvalue weighted by Gasteiger charge is -2.07. The maximum absolute atomic E-state index is 12.0. The SMILES string of the molecule is CCOc1ccc(S(=O)(=O)CC(=O)NC2CC2)cc1. The molecule has 0 aliphatic heterocycles. The summed E-state index contributed by atoms with van der Waals surface area (Å²) in [5.41, 5.74) is 0. The van der Waals surface area contributed by atoms with Crippen LogP contribution in [0.3, 0.4) is 0 Å². The van der Waals surface area contributed by atoms with Gasteiger partial charge in [0.2, 0.25) is 5.91 Å². The molecule has 1 saturated carbocycles. The molecule has 1 aliphatic carbocycles. The molecule has 5 nitrogen and oxygen atoms in total. The van der Waals surface area contributed by atoms with Gasteiger partial charge in [0.25, 0.3) is 0 Å². The summed E-state index contributed by atoms with van der Waals surface area (Å²) < 4.78 is 29.3. The van der Waals surface area contributed by atoms with Crippen molar-refractivity contribution in [3.05, 3.63) is 24.3 Å². The van der Waals surface area contributed by atoms with Crippen LogP contribution >= 0.6 is 0 Å². The smallest absolute Gasteiger partial charge is 0.235 e. The van der Waals surface area contributed by atoms with Gasteiger partial charge in [0.05, 0.1) is 11.5 Å². The predicted octanol–water partition coefficient (Wildman–Crippen LogP) is 1.14. The quantitative estimate of drug-likeness (QED) is 0.849. The molecular formula is C13H17NO4S. The molecule has 104 valence electrons. The lowest BCUT2D eigenvalue weighted by molar-refractivity contribution is -0.118. The van der Waals surface area contributed by atoms with Crippen molar-refractivity contribution < 1.29 is 17.9 Å². The van der Waals surface area contributed by atoms with E-state index in [0.29, 0.717) is 12.4 Å². The van der Waals surface area contributed by atoms with Gasteiger partial charge in [-0.25, -0.2) is 8.42 Å². The van der Waals surface area contributed by atoms with Crippen molar-refractivity contribution in [1.29, 1.82) is 0 Å². The van der Waals surface area contributed by atoms with Gasteiger partial charge < -0.3 is 10.1 Å². The second-order valence-electron chi connectivity index (χ2n) is 4.51. The van der Waals surface area contributed by atoms with Crippen LogP contribution in [0.25, 0.3) is 0 Å². The van der Waals surface area contributed by atoms with Gasteiger partial charge in [-0.05, 0) is 44.0 Å². The molecule has 0 spiro atoms. The Kier molecular flexibility index (Phi) is 4.09. The molecule has 1 N–H and O–H groups in total. The number of carbonyl (C=O) groups is 1. The minimum atomic E-state index is -3.58. The summed E-state index contributed by atoms with van der Waals surface area (Å²) >= 11 is 0. The molecule has 1 fully saturated rings. The van der Waals surface area contributed by atoms with Gasteiger partial charge in [-0.1, -0.05) is 0 Å². The Bertz CT molecular complexity index is 547. The van der Waals surface area contributed by atoms with Crippen molar-refractivity contribution in [3.8, 4) is 5.75 Å². The van der Waals surface area contributed by atoms with E-state index in [9.17, 15) is 13.2 Å². The molecule has 1 aromatic carbocycles. The molecule has 0 heterocycles. The van der Waals surface area contributed by atoms with Crippen LogP contribution in [-0.4, -0.2) is 32.7 Å². The van der Waals surface area contributed by atoms with Gasteiger partial charge in [-0.3, -0.25) is 4.79 Å². The average molecular weight is 283 g/mol. The topological polar surface area (TPSA) is 72.5 Å². The highest BCUT2D eigenvalue weighted by Gasteiger charge is 2.26. The van der Waals surface area contributed by atoms with Crippen LogP contribution < -0.4 is 10.1 Å². The van der Waals surface area contributed by atoms with E-state index in [-0.39, 0.29) is 10.9 Å². The van der Waals surface area contributed by atoms with E-state index in [1.807, 2.05) is 6.92 Å². The summed E-state index contributed by atoms with van der Waals surface area (Å²) in [7, 11) is -3.58. The first-order valence-corrected chi connectivity index (χ1v) is 7.91. The van der Waals surface area contributed by atoms with Crippen molar-refractivity contribution in [3.63, 3.8) is 0 Å². The summed E-state index contributed by atoms with van der Waals surface area (Å²) in [6, 6.07) is 6.28. The number of ether oxygens (including phenoxy) is 1. The van der Waals surface area contributed by atoms with Crippen LogP contribution in [0.5, 0.6) is 5.75 Å². The van der Waals surface area contributed by atoms with Crippen molar-refractivity contribution in [2.45, 2.75) is 30.7 Å². The molecule has 0 aromatic heterocycles. The third kappa shape index (κ3) is 3.96. The number of benzene rings is 1. The van der Waals surface area contributed by atoms with E-state index in [4.69, 9.17) is 4.74 Å². The van der Waals surface area contributed by atoms with Crippen LogP contribution in [0.4, 0.5) is 0 Å². The van der Waals surface area contributed by atoms with Gasteiger partial charge in [0, 0.05) is 6.04 Å². The van der Waals surface area contributed by atoms with E-state index in [1.54, 1.807) is 12.1 Å². The Balaban J connectivity index is 2.03. The number of hydrogen-bond donors (Lipinski definition) is 1. The molecule has 0 atom stereocenters.